The van der Waals surface area contributed by atoms with Crippen molar-refractivity contribution < 1.29 is 9.72 Å². The number of amides is 1. The van der Waals surface area contributed by atoms with Crippen LogP contribution in [0.1, 0.15) is 25.7 Å². The van der Waals surface area contributed by atoms with Gasteiger partial charge in [-0.2, -0.15) is 0 Å². The van der Waals surface area contributed by atoms with Crippen molar-refractivity contribution in [1.82, 2.24) is 4.90 Å². The van der Waals surface area contributed by atoms with E-state index < -0.39 is 4.92 Å². The van der Waals surface area contributed by atoms with Gasteiger partial charge >= 0.3 is 0 Å². The third kappa shape index (κ3) is 4.32. The standard InChI is InChI=1S/C14H18ClN3O3/c15-12-10-11(18(20)21)4-5-13(12)16-7-6-14(19)17-8-2-1-3-9-17/h4-5,10,16H,1-3,6-9H2. The summed E-state index contributed by atoms with van der Waals surface area (Å²) in [6, 6.07) is 4.25. The molecule has 1 aromatic rings. The molecule has 7 heteroatoms. The van der Waals surface area contributed by atoms with Crippen LogP contribution in [-0.2, 0) is 4.79 Å². The summed E-state index contributed by atoms with van der Waals surface area (Å²) in [7, 11) is 0. The highest BCUT2D eigenvalue weighted by Crippen LogP contribution is 2.26. The molecule has 0 saturated carbocycles. The number of piperidine rings is 1. The van der Waals surface area contributed by atoms with Crippen molar-refractivity contribution in [2.45, 2.75) is 25.7 Å². The molecule has 0 atom stereocenters. The third-order valence-corrected chi connectivity index (χ3v) is 3.84. The summed E-state index contributed by atoms with van der Waals surface area (Å²) in [6.45, 7) is 2.15. The molecule has 1 saturated heterocycles. The molecule has 0 aliphatic carbocycles. The van der Waals surface area contributed by atoms with Crippen molar-refractivity contribution in [2.75, 3.05) is 25.0 Å². The predicted molar refractivity (Wildman–Crippen MR) is 81.6 cm³/mol. The van der Waals surface area contributed by atoms with E-state index in [9.17, 15) is 14.9 Å². The van der Waals surface area contributed by atoms with Crippen molar-refractivity contribution in [1.29, 1.82) is 0 Å². The fraction of sp³-hybridized carbons (Fsp3) is 0.500. The van der Waals surface area contributed by atoms with Gasteiger partial charge in [0.1, 0.15) is 0 Å². The number of nitro groups is 1. The lowest BCUT2D eigenvalue weighted by Crippen LogP contribution is -2.36. The highest BCUT2D eigenvalue weighted by Gasteiger charge is 2.16. The number of nitrogens with zero attached hydrogens (tertiary/aromatic N) is 2. The van der Waals surface area contributed by atoms with Crippen LogP contribution in [0.2, 0.25) is 5.02 Å². The summed E-state index contributed by atoms with van der Waals surface area (Å²) in [5, 5.41) is 14.0. The minimum absolute atomic E-state index is 0.0463. The Balaban J connectivity index is 1.83. The molecule has 0 unspecified atom stereocenters. The molecule has 1 fully saturated rings. The fourth-order valence-electron chi connectivity index (χ4n) is 2.37. The van der Waals surface area contributed by atoms with Crippen LogP contribution in [0.4, 0.5) is 11.4 Å². The molecular weight excluding hydrogens is 294 g/mol. The number of carbonyl (C=O) groups is 1. The molecule has 0 spiro atoms. The molecule has 2 rings (SSSR count). The van der Waals surface area contributed by atoms with Crippen molar-refractivity contribution in [3.63, 3.8) is 0 Å². The fourth-order valence-corrected chi connectivity index (χ4v) is 2.61. The number of carbonyl (C=O) groups excluding carboxylic acids is 1. The maximum Gasteiger partial charge on any atom is 0.271 e. The average Bonchev–Trinajstić information content (AvgIpc) is 2.49. The van der Waals surface area contributed by atoms with Crippen LogP contribution < -0.4 is 5.32 Å². The molecule has 0 aromatic heterocycles. The van der Waals surface area contributed by atoms with Gasteiger partial charge in [0.15, 0.2) is 0 Å². The van der Waals surface area contributed by atoms with Gasteiger partial charge in [0, 0.05) is 38.2 Å². The molecule has 1 aromatic carbocycles. The van der Waals surface area contributed by atoms with Gasteiger partial charge in [0.05, 0.1) is 15.6 Å². The summed E-state index contributed by atoms with van der Waals surface area (Å²) in [6.07, 6.45) is 3.74. The number of nitro benzene ring substituents is 1. The van der Waals surface area contributed by atoms with Gasteiger partial charge < -0.3 is 10.2 Å². The summed E-state index contributed by atoms with van der Waals surface area (Å²) < 4.78 is 0. The smallest absolute Gasteiger partial charge is 0.271 e. The zero-order chi connectivity index (χ0) is 15.2. The first-order valence-corrected chi connectivity index (χ1v) is 7.41. The Bertz CT molecular complexity index is 530. The molecule has 6 nitrogen and oxygen atoms in total. The van der Waals surface area contributed by atoms with Crippen LogP contribution in [0.15, 0.2) is 18.2 Å². The van der Waals surface area contributed by atoms with Gasteiger partial charge in [-0.15, -0.1) is 0 Å². The van der Waals surface area contributed by atoms with E-state index in [2.05, 4.69) is 5.32 Å². The normalized spacial score (nSPS) is 14.8. The molecule has 1 amide bonds. The molecule has 21 heavy (non-hydrogen) atoms. The highest BCUT2D eigenvalue weighted by atomic mass is 35.5. The predicted octanol–water partition coefficient (Wildman–Crippen LogP) is 3.06. The van der Waals surface area contributed by atoms with Gasteiger partial charge in [-0.1, -0.05) is 11.6 Å². The van der Waals surface area contributed by atoms with Crippen molar-refractivity contribution >= 4 is 28.9 Å². The number of hydrogen-bond acceptors (Lipinski definition) is 4. The molecule has 1 heterocycles. The minimum atomic E-state index is -0.491. The number of nitrogens with one attached hydrogen (secondary N) is 1. The second-order valence-corrected chi connectivity index (χ2v) is 5.45. The van der Waals surface area contributed by atoms with E-state index in [0.717, 1.165) is 25.9 Å². The first-order valence-electron chi connectivity index (χ1n) is 7.03. The van der Waals surface area contributed by atoms with E-state index >= 15 is 0 Å². The molecule has 0 radical (unpaired) electrons. The summed E-state index contributed by atoms with van der Waals surface area (Å²) in [5.74, 6) is 0.139. The van der Waals surface area contributed by atoms with Crippen LogP contribution >= 0.6 is 11.6 Å². The van der Waals surface area contributed by atoms with Crippen LogP contribution in [0.3, 0.4) is 0 Å². The Kier molecular flexibility index (Phi) is 5.38. The monoisotopic (exact) mass is 311 g/mol. The molecule has 0 bridgehead atoms. The second-order valence-electron chi connectivity index (χ2n) is 5.04. The topological polar surface area (TPSA) is 75.5 Å². The van der Waals surface area contributed by atoms with E-state index in [1.807, 2.05) is 4.90 Å². The molecular formula is C14H18ClN3O3. The number of rotatable bonds is 5. The minimum Gasteiger partial charge on any atom is -0.383 e. The summed E-state index contributed by atoms with van der Waals surface area (Å²) in [5.41, 5.74) is 0.559. The number of benzene rings is 1. The molecule has 114 valence electrons. The van der Waals surface area contributed by atoms with Crippen LogP contribution in [-0.4, -0.2) is 35.4 Å². The number of anilines is 1. The highest BCUT2D eigenvalue weighted by molar-refractivity contribution is 6.33. The summed E-state index contributed by atoms with van der Waals surface area (Å²) >= 11 is 5.98. The van der Waals surface area contributed by atoms with Crippen LogP contribution in [0, 0.1) is 10.1 Å². The van der Waals surface area contributed by atoms with Crippen molar-refractivity contribution in [3.8, 4) is 0 Å². The molecule has 1 aliphatic rings. The van der Waals surface area contributed by atoms with Crippen molar-refractivity contribution in [3.05, 3.63) is 33.3 Å². The van der Waals surface area contributed by atoms with Gasteiger partial charge in [0.25, 0.3) is 5.69 Å². The van der Waals surface area contributed by atoms with Crippen molar-refractivity contribution in [2.24, 2.45) is 0 Å². The average molecular weight is 312 g/mol. The quantitative estimate of drug-likeness (QED) is 0.670. The Morgan fingerprint density at radius 2 is 2.05 bits per heavy atom. The second kappa shape index (κ2) is 7.26. The maximum atomic E-state index is 12.0. The first-order chi connectivity index (χ1) is 10.1. The lowest BCUT2D eigenvalue weighted by molar-refractivity contribution is -0.384. The van der Waals surface area contributed by atoms with E-state index in [0.29, 0.717) is 18.7 Å². The van der Waals surface area contributed by atoms with Gasteiger partial charge in [-0.3, -0.25) is 14.9 Å². The number of hydrogen-bond donors (Lipinski definition) is 1. The lowest BCUT2D eigenvalue weighted by atomic mass is 10.1. The third-order valence-electron chi connectivity index (χ3n) is 3.53. The molecule has 1 N–H and O–H groups in total. The first kappa shape index (κ1) is 15.6. The van der Waals surface area contributed by atoms with Gasteiger partial charge in [0.2, 0.25) is 5.91 Å². The number of halogens is 1. The van der Waals surface area contributed by atoms with E-state index in [-0.39, 0.29) is 16.6 Å². The van der Waals surface area contributed by atoms with E-state index in [1.165, 1.54) is 18.6 Å². The largest absolute Gasteiger partial charge is 0.383 e. The number of likely N-dealkylation sites (tertiary alicyclic amines) is 1. The maximum absolute atomic E-state index is 12.0. The van der Waals surface area contributed by atoms with Gasteiger partial charge in [-0.25, -0.2) is 0 Å². The van der Waals surface area contributed by atoms with E-state index in [1.54, 1.807) is 6.07 Å². The van der Waals surface area contributed by atoms with Crippen LogP contribution in [0.25, 0.3) is 0 Å². The zero-order valence-corrected chi connectivity index (χ0v) is 12.4. The lowest BCUT2D eigenvalue weighted by Gasteiger charge is -2.26. The zero-order valence-electron chi connectivity index (χ0n) is 11.7. The van der Waals surface area contributed by atoms with Crippen LogP contribution in [0.5, 0.6) is 0 Å². The number of non-ortho nitro benzene ring substituents is 1. The SMILES string of the molecule is O=C(CCNc1ccc([N+](=O)[O-])cc1Cl)N1CCCCC1. The molecule has 1 aliphatic heterocycles. The van der Waals surface area contributed by atoms with E-state index in [4.69, 9.17) is 11.6 Å². The Labute approximate surface area is 128 Å². The Hall–Kier alpha value is -1.82. The summed E-state index contributed by atoms with van der Waals surface area (Å²) in [4.78, 5) is 24.0. The Morgan fingerprint density at radius 3 is 2.67 bits per heavy atom. The van der Waals surface area contributed by atoms with Gasteiger partial charge in [-0.05, 0) is 25.3 Å². The Morgan fingerprint density at radius 1 is 1.33 bits per heavy atom.